The predicted molar refractivity (Wildman–Crippen MR) is 79.9 cm³/mol. The molecule has 0 aromatic carbocycles. The highest BCUT2D eigenvalue weighted by molar-refractivity contribution is 5.93. The van der Waals surface area contributed by atoms with Crippen LogP contribution in [0.25, 0.3) is 0 Å². The molecule has 1 aromatic rings. The van der Waals surface area contributed by atoms with E-state index in [1.807, 2.05) is 0 Å². The Balaban J connectivity index is 1.86. The SMILES string of the molecule is COC1CC(N(C)C(=O)c2c[nH]c(=O)n(C)c2=O)C12CCC2. The maximum absolute atomic E-state index is 12.6. The Labute approximate surface area is 127 Å². The quantitative estimate of drug-likeness (QED) is 0.858. The monoisotopic (exact) mass is 307 g/mol. The second-order valence-electron chi connectivity index (χ2n) is 6.35. The third kappa shape index (κ3) is 1.88. The smallest absolute Gasteiger partial charge is 0.328 e. The molecular weight excluding hydrogens is 286 g/mol. The average molecular weight is 307 g/mol. The Bertz CT molecular complexity index is 716. The first-order valence-corrected chi connectivity index (χ1v) is 7.51. The fourth-order valence-electron chi connectivity index (χ4n) is 3.89. The molecule has 0 saturated heterocycles. The van der Waals surface area contributed by atoms with Crippen molar-refractivity contribution in [2.75, 3.05) is 14.2 Å². The molecule has 1 N–H and O–H groups in total. The number of aromatic amines is 1. The number of methoxy groups -OCH3 is 1. The molecule has 7 nitrogen and oxygen atoms in total. The lowest BCUT2D eigenvalue weighted by Crippen LogP contribution is -2.67. The van der Waals surface area contributed by atoms with Gasteiger partial charge in [-0.15, -0.1) is 0 Å². The van der Waals surface area contributed by atoms with Gasteiger partial charge in [0.25, 0.3) is 11.5 Å². The maximum Gasteiger partial charge on any atom is 0.328 e. The van der Waals surface area contributed by atoms with E-state index in [9.17, 15) is 14.4 Å². The van der Waals surface area contributed by atoms with Gasteiger partial charge in [0.2, 0.25) is 0 Å². The molecule has 0 aliphatic heterocycles. The van der Waals surface area contributed by atoms with Gasteiger partial charge in [0.1, 0.15) is 5.56 Å². The molecule has 0 radical (unpaired) electrons. The van der Waals surface area contributed by atoms with Crippen LogP contribution in [-0.4, -0.2) is 46.7 Å². The number of hydrogen-bond donors (Lipinski definition) is 1. The van der Waals surface area contributed by atoms with E-state index >= 15 is 0 Å². The van der Waals surface area contributed by atoms with Gasteiger partial charge in [-0.2, -0.15) is 0 Å². The molecule has 2 atom stereocenters. The van der Waals surface area contributed by atoms with E-state index in [0.717, 1.165) is 30.3 Å². The first-order valence-electron chi connectivity index (χ1n) is 7.51. The number of ether oxygens (including phenoxy) is 1. The Morgan fingerprint density at radius 2 is 2.14 bits per heavy atom. The van der Waals surface area contributed by atoms with Crippen LogP contribution in [0.15, 0.2) is 15.8 Å². The largest absolute Gasteiger partial charge is 0.381 e. The van der Waals surface area contributed by atoms with Crippen LogP contribution in [0.3, 0.4) is 0 Å². The van der Waals surface area contributed by atoms with Crippen LogP contribution < -0.4 is 11.2 Å². The molecule has 120 valence electrons. The summed E-state index contributed by atoms with van der Waals surface area (Å²) in [6.07, 6.45) is 5.46. The van der Waals surface area contributed by atoms with E-state index in [2.05, 4.69) is 4.98 Å². The third-order valence-electron chi connectivity index (χ3n) is 5.51. The van der Waals surface area contributed by atoms with Crippen molar-refractivity contribution in [3.8, 4) is 0 Å². The van der Waals surface area contributed by atoms with E-state index in [4.69, 9.17) is 4.74 Å². The van der Waals surface area contributed by atoms with Crippen LogP contribution in [-0.2, 0) is 11.8 Å². The molecule has 1 aromatic heterocycles. The van der Waals surface area contributed by atoms with Crippen molar-refractivity contribution in [1.82, 2.24) is 14.5 Å². The normalized spacial score (nSPS) is 25.4. The average Bonchev–Trinajstić information content (AvgIpc) is 2.42. The van der Waals surface area contributed by atoms with Crippen LogP contribution in [0.5, 0.6) is 0 Å². The summed E-state index contributed by atoms with van der Waals surface area (Å²) in [5.41, 5.74) is -1.04. The highest BCUT2D eigenvalue weighted by Crippen LogP contribution is 2.58. The second kappa shape index (κ2) is 5.08. The molecule has 1 amide bonds. The molecule has 2 aliphatic rings. The Morgan fingerprint density at radius 1 is 1.45 bits per heavy atom. The van der Waals surface area contributed by atoms with Gasteiger partial charge in [0, 0.05) is 38.9 Å². The zero-order chi connectivity index (χ0) is 16.1. The predicted octanol–water partition coefficient (Wildman–Crippen LogP) is 0.103. The topological polar surface area (TPSA) is 84.4 Å². The highest BCUT2D eigenvalue weighted by atomic mass is 16.5. The second-order valence-corrected chi connectivity index (χ2v) is 6.35. The molecule has 1 heterocycles. The number of hydrogen-bond acceptors (Lipinski definition) is 4. The Hall–Kier alpha value is -1.89. The van der Waals surface area contributed by atoms with Crippen molar-refractivity contribution in [2.24, 2.45) is 12.5 Å². The summed E-state index contributed by atoms with van der Waals surface area (Å²) in [5.74, 6) is -0.345. The molecule has 2 fully saturated rings. The van der Waals surface area contributed by atoms with Crippen molar-refractivity contribution in [3.05, 3.63) is 32.6 Å². The van der Waals surface area contributed by atoms with Gasteiger partial charge in [0.15, 0.2) is 0 Å². The number of aromatic nitrogens is 2. The van der Waals surface area contributed by atoms with Crippen LogP contribution >= 0.6 is 0 Å². The lowest BCUT2D eigenvalue weighted by atomic mass is 9.50. The molecule has 3 rings (SSSR count). The van der Waals surface area contributed by atoms with Gasteiger partial charge < -0.3 is 14.6 Å². The summed E-state index contributed by atoms with van der Waals surface area (Å²) in [4.78, 5) is 40.2. The minimum absolute atomic E-state index is 0.0000553. The number of carbonyl (C=O) groups is 1. The Kier molecular flexibility index (Phi) is 3.47. The molecule has 22 heavy (non-hydrogen) atoms. The maximum atomic E-state index is 12.6. The summed E-state index contributed by atoms with van der Waals surface area (Å²) in [7, 11) is 4.79. The lowest BCUT2D eigenvalue weighted by Gasteiger charge is -2.62. The van der Waals surface area contributed by atoms with Gasteiger partial charge in [-0.25, -0.2) is 4.79 Å². The molecule has 0 bridgehead atoms. The van der Waals surface area contributed by atoms with Crippen molar-refractivity contribution in [1.29, 1.82) is 0 Å². The summed E-state index contributed by atoms with van der Waals surface area (Å²) in [5, 5.41) is 0. The molecular formula is C15H21N3O4. The van der Waals surface area contributed by atoms with Gasteiger partial charge in [0.05, 0.1) is 6.10 Å². The van der Waals surface area contributed by atoms with Crippen LogP contribution in [0, 0.1) is 5.41 Å². The van der Waals surface area contributed by atoms with Gasteiger partial charge in [-0.05, 0) is 19.3 Å². The molecule has 2 aliphatic carbocycles. The van der Waals surface area contributed by atoms with Crippen molar-refractivity contribution in [2.45, 2.75) is 37.8 Å². The summed E-state index contributed by atoms with van der Waals surface area (Å²) in [6, 6.07) is 0.0929. The number of H-pyrrole nitrogens is 1. The number of nitrogens with zero attached hydrogens (tertiary/aromatic N) is 2. The molecule has 1 spiro atoms. The number of carbonyl (C=O) groups excluding carboxylic acids is 1. The molecule has 7 heteroatoms. The number of rotatable bonds is 3. The van der Waals surface area contributed by atoms with Crippen LogP contribution in [0.2, 0.25) is 0 Å². The van der Waals surface area contributed by atoms with E-state index in [-0.39, 0.29) is 29.0 Å². The third-order valence-corrected chi connectivity index (χ3v) is 5.51. The van der Waals surface area contributed by atoms with Crippen molar-refractivity contribution in [3.63, 3.8) is 0 Å². The minimum Gasteiger partial charge on any atom is -0.381 e. The molecule has 2 unspecified atom stereocenters. The number of amides is 1. The van der Waals surface area contributed by atoms with E-state index < -0.39 is 11.2 Å². The van der Waals surface area contributed by atoms with Gasteiger partial charge in [-0.1, -0.05) is 6.42 Å². The minimum atomic E-state index is -0.564. The highest BCUT2D eigenvalue weighted by Gasteiger charge is 2.60. The first-order chi connectivity index (χ1) is 10.4. The Morgan fingerprint density at radius 3 is 2.68 bits per heavy atom. The van der Waals surface area contributed by atoms with E-state index in [1.165, 1.54) is 13.2 Å². The lowest BCUT2D eigenvalue weighted by molar-refractivity contribution is -0.182. The van der Waals surface area contributed by atoms with Crippen LogP contribution in [0.4, 0.5) is 0 Å². The summed E-state index contributed by atoms with van der Waals surface area (Å²) in [6.45, 7) is 0. The van der Waals surface area contributed by atoms with Crippen molar-refractivity contribution >= 4 is 5.91 Å². The van der Waals surface area contributed by atoms with Gasteiger partial charge >= 0.3 is 5.69 Å². The van der Waals surface area contributed by atoms with Crippen molar-refractivity contribution < 1.29 is 9.53 Å². The first kappa shape index (κ1) is 15.0. The zero-order valence-corrected chi connectivity index (χ0v) is 13.1. The van der Waals surface area contributed by atoms with E-state index in [1.54, 1.807) is 19.1 Å². The standard InChI is InChI=1S/C15H21N3O4/c1-17(10-7-11(22-3)15(10)5-4-6-15)12(19)9-8-16-14(21)18(2)13(9)20/h8,10-11H,4-7H2,1-3H3,(H,16,21). The number of nitrogens with one attached hydrogen (secondary N) is 1. The van der Waals surface area contributed by atoms with Gasteiger partial charge in [-0.3, -0.25) is 14.2 Å². The fraction of sp³-hybridized carbons (Fsp3) is 0.667. The zero-order valence-electron chi connectivity index (χ0n) is 13.1. The summed E-state index contributed by atoms with van der Waals surface area (Å²) < 4.78 is 6.43. The fourth-order valence-corrected chi connectivity index (χ4v) is 3.89. The van der Waals surface area contributed by atoms with E-state index in [0.29, 0.717) is 0 Å². The molecule has 2 saturated carbocycles. The van der Waals surface area contributed by atoms with Crippen LogP contribution in [0.1, 0.15) is 36.0 Å². The summed E-state index contributed by atoms with van der Waals surface area (Å²) >= 11 is 0.